The molecule has 0 aliphatic rings. The van der Waals surface area contributed by atoms with Gasteiger partial charge in [0.15, 0.2) is 6.61 Å². The quantitative estimate of drug-likeness (QED) is 0.580. The van der Waals surface area contributed by atoms with Gasteiger partial charge in [-0.05, 0) is 43.5 Å². The van der Waals surface area contributed by atoms with E-state index in [-0.39, 0.29) is 18.8 Å². The third-order valence-electron chi connectivity index (χ3n) is 4.02. The first-order valence-electron chi connectivity index (χ1n) is 8.70. The van der Waals surface area contributed by atoms with Gasteiger partial charge in [0.2, 0.25) is 4.96 Å². The molecule has 0 spiro atoms. The molecule has 2 heterocycles. The largest absolute Gasteiger partial charge is 0.482 e. The maximum atomic E-state index is 12.1. The van der Waals surface area contributed by atoms with Crippen molar-refractivity contribution in [3.8, 4) is 5.75 Å². The molecule has 0 fully saturated rings. The van der Waals surface area contributed by atoms with Crippen LogP contribution in [0.1, 0.15) is 35.2 Å². The highest BCUT2D eigenvalue weighted by atomic mass is 32.1. The van der Waals surface area contributed by atoms with Crippen molar-refractivity contribution >= 4 is 22.3 Å². The van der Waals surface area contributed by atoms with Crippen LogP contribution in [0.2, 0.25) is 0 Å². The van der Waals surface area contributed by atoms with Crippen LogP contribution in [-0.4, -0.2) is 27.2 Å². The molecule has 27 heavy (non-hydrogen) atoms. The average molecular weight is 387 g/mol. The van der Waals surface area contributed by atoms with Crippen LogP contribution in [-0.2, 0) is 22.6 Å². The Labute approximate surface area is 160 Å². The number of aromatic nitrogens is 3. The van der Waals surface area contributed by atoms with Crippen molar-refractivity contribution in [3.05, 3.63) is 56.4 Å². The van der Waals surface area contributed by atoms with Crippen LogP contribution < -0.4 is 10.3 Å². The monoisotopic (exact) mass is 387 g/mol. The number of nitrogens with zero attached hydrogens (tertiary/aromatic N) is 3. The van der Waals surface area contributed by atoms with Gasteiger partial charge in [0.25, 0.3) is 5.56 Å². The minimum atomic E-state index is -0.522. The first-order chi connectivity index (χ1) is 13.0. The van der Waals surface area contributed by atoms with Gasteiger partial charge in [-0.15, -0.1) is 0 Å². The Morgan fingerprint density at radius 3 is 2.78 bits per heavy atom. The summed E-state index contributed by atoms with van der Waals surface area (Å²) in [4.78, 5) is 28.9. The summed E-state index contributed by atoms with van der Waals surface area (Å²) in [5, 5.41) is 5.11. The smallest absolute Gasteiger partial charge is 0.344 e. The van der Waals surface area contributed by atoms with Crippen molar-refractivity contribution in [3.63, 3.8) is 0 Å². The van der Waals surface area contributed by atoms with E-state index in [1.807, 2.05) is 39.0 Å². The number of hydrogen-bond donors (Lipinski definition) is 0. The topological polar surface area (TPSA) is 82.8 Å². The molecule has 0 atom stereocenters. The molecule has 0 aliphatic heterocycles. The Balaban J connectivity index is 1.59. The maximum absolute atomic E-state index is 12.1. The lowest BCUT2D eigenvalue weighted by Crippen LogP contribution is -2.18. The second-order valence-corrected chi connectivity index (χ2v) is 7.26. The van der Waals surface area contributed by atoms with E-state index in [4.69, 9.17) is 9.47 Å². The fourth-order valence-corrected chi connectivity index (χ4v) is 3.45. The molecule has 0 N–H and O–H groups in total. The molecule has 0 unspecified atom stereocenters. The third kappa shape index (κ3) is 4.71. The van der Waals surface area contributed by atoms with Crippen molar-refractivity contribution in [1.82, 2.24) is 14.6 Å². The molecule has 8 heteroatoms. The fourth-order valence-electron chi connectivity index (χ4n) is 2.43. The summed E-state index contributed by atoms with van der Waals surface area (Å²) < 4.78 is 11.9. The summed E-state index contributed by atoms with van der Waals surface area (Å²) in [7, 11) is 0. The molecule has 1 aromatic carbocycles. The number of carbonyl (C=O) groups excluding carboxylic acids is 1. The molecule has 142 valence electrons. The lowest BCUT2D eigenvalue weighted by atomic mass is 10.1. The van der Waals surface area contributed by atoms with Crippen LogP contribution in [0.25, 0.3) is 4.96 Å². The number of hydrogen-bond acceptors (Lipinski definition) is 7. The fraction of sp³-hybridized carbons (Fsp3) is 0.368. The first-order valence-corrected chi connectivity index (χ1v) is 9.52. The highest BCUT2D eigenvalue weighted by molar-refractivity contribution is 7.16. The van der Waals surface area contributed by atoms with E-state index in [1.165, 1.54) is 21.9 Å². The molecular weight excluding hydrogens is 366 g/mol. The molecule has 2 aromatic heterocycles. The molecule has 0 aliphatic carbocycles. The summed E-state index contributed by atoms with van der Waals surface area (Å²) in [6.07, 6.45) is 1.74. The van der Waals surface area contributed by atoms with Crippen molar-refractivity contribution in [2.45, 2.75) is 40.2 Å². The van der Waals surface area contributed by atoms with E-state index in [2.05, 4.69) is 10.1 Å². The molecule has 0 saturated carbocycles. The Hall–Kier alpha value is -2.74. The van der Waals surface area contributed by atoms with Crippen LogP contribution in [0.15, 0.2) is 29.1 Å². The molecule has 0 bridgehead atoms. The first kappa shape index (κ1) is 19.0. The number of esters is 1. The van der Waals surface area contributed by atoms with Gasteiger partial charge in [-0.1, -0.05) is 24.3 Å². The number of aryl methyl sites for hydroxylation is 3. The molecule has 3 rings (SSSR count). The molecule has 0 amide bonds. The van der Waals surface area contributed by atoms with Crippen molar-refractivity contribution < 1.29 is 14.3 Å². The summed E-state index contributed by atoms with van der Waals surface area (Å²) in [5.74, 6) is 0.0900. The number of rotatable bonds is 7. The van der Waals surface area contributed by atoms with E-state index >= 15 is 0 Å². The van der Waals surface area contributed by atoms with Crippen LogP contribution in [0.3, 0.4) is 0 Å². The van der Waals surface area contributed by atoms with Gasteiger partial charge in [-0.25, -0.2) is 9.78 Å². The maximum Gasteiger partial charge on any atom is 0.344 e. The van der Waals surface area contributed by atoms with Crippen LogP contribution >= 0.6 is 11.3 Å². The normalized spacial score (nSPS) is 10.9. The van der Waals surface area contributed by atoms with Gasteiger partial charge in [-0.2, -0.15) is 9.61 Å². The van der Waals surface area contributed by atoms with E-state index in [9.17, 15) is 9.59 Å². The predicted molar refractivity (Wildman–Crippen MR) is 102 cm³/mol. The third-order valence-corrected chi connectivity index (χ3v) is 4.99. The van der Waals surface area contributed by atoms with E-state index in [1.54, 1.807) is 0 Å². The van der Waals surface area contributed by atoms with E-state index in [0.717, 1.165) is 29.0 Å². The molecule has 0 saturated heterocycles. The molecular formula is C19H21N3O4S. The van der Waals surface area contributed by atoms with Gasteiger partial charge < -0.3 is 9.47 Å². The second kappa shape index (κ2) is 8.30. The number of fused-ring (bicyclic) bond motifs is 1. The highest BCUT2D eigenvalue weighted by Crippen LogP contribution is 2.16. The lowest BCUT2D eigenvalue weighted by molar-refractivity contribution is -0.147. The Kier molecular flexibility index (Phi) is 5.85. The number of benzene rings is 1. The van der Waals surface area contributed by atoms with E-state index in [0.29, 0.717) is 16.4 Å². The van der Waals surface area contributed by atoms with Gasteiger partial charge >= 0.3 is 5.97 Å². The highest BCUT2D eigenvalue weighted by Gasteiger charge is 2.11. The summed E-state index contributed by atoms with van der Waals surface area (Å²) in [6, 6.07) is 6.95. The van der Waals surface area contributed by atoms with Crippen molar-refractivity contribution in [2.24, 2.45) is 0 Å². The lowest BCUT2D eigenvalue weighted by Gasteiger charge is -2.08. The minimum Gasteiger partial charge on any atom is -0.482 e. The number of carbonyl (C=O) groups is 1. The standard InChI is InChI=1S/C19H21N3O4S/c1-4-5-16-21-22-17(23)9-14(20-19(22)27-16)10-26-18(24)11-25-15-7-6-12(2)13(3)8-15/h6-9H,4-5,10-11H2,1-3H3. The Morgan fingerprint density at radius 2 is 2.04 bits per heavy atom. The zero-order valence-electron chi connectivity index (χ0n) is 15.5. The minimum absolute atomic E-state index is 0.0815. The van der Waals surface area contributed by atoms with Gasteiger partial charge in [0.1, 0.15) is 17.4 Å². The molecule has 7 nitrogen and oxygen atoms in total. The van der Waals surface area contributed by atoms with Crippen molar-refractivity contribution in [2.75, 3.05) is 6.61 Å². The molecule has 0 radical (unpaired) electrons. The summed E-state index contributed by atoms with van der Waals surface area (Å²) in [5.41, 5.74) is 2.36. The SMILES string of the molecule is CCCc1nn2c(=O)cc(COC(=O)COc3ccc(C)c(C)c3)nc2s1. The van der Waals surface area contributed by atoms with E-state index < -0.39 is 5.97 Å². The van der Waals surface area contributed by atoms with Crippen LogP contribution in [0, 0.1) is 13.8 Å². The predicted octanol–water partition coefficient (Wildman–Crippen LogP) is 2.84. The van der Waals surface area contributed by atoms with Gasteiger partial charge in [0, 0.05) is 12.5 Å². The van der Waals surface area contributed by atoms with Gasteiger partial charge in [0.05, 0.1) is 5.69 Å². The zero-order valence-corrected chi connectivity index (χ0v) is 16.3. The number of ether oxygens (including phenoxy) is 2. The Bertz CT molecular complexity index is 1030. The summed E-state index contributed by atoms with van der Waals surface area (Å²) >= 11 is 1.37. The molecule has 3 aromatic rings. The zero-order chi connectivity index (χ0) is 19.4. The van der Waals surface area contributed by atoms with Crippen molar-refractivity contribution in [1.29, 1.82) is 0 Å². The van der Waals surface area contributed by atoms with Gasteiger partial charge in [-0.3, -0.25) is 4.79 Å². The summed E-state index contributed by atoms with van der Waals surface area (Å²) in [6.45, 7) is 5.75. The second-order valence-electron chi connectivity index (χ2n) is 6.22. The van der Waals surface area contributed by atoms with Crippen LogP contribution in [0.4, 0.5) is 0 Å². The average Bonchev–Trinajstić information content (AvgIpc) is 3.04. The van der Waals surface area contributed by atoms with Crippen LogP contribution in [0.5, 0.6) is 5.75 Å². The Morgan fingerprint density at radius 1 is 1.22 bits per heavy atom.